The number of fused-ring (bicyclic) bond motifs is 1. The van der Waals surface area contributed by atoms with Gasteiger partial charge in [0.25, 0.3) is 0 Å². The Hall–Kier alpha value is -3.35. The minimum absolute atomic E-state index is 0.0687. The summed E-state index contributed by atoms with van der Waals surface area (Å²) in [5, 5.41) is 3.07. The number of amides is 2. The van der Waals surface area contributed by atoms with Crippen LogP contribution in [-0.4, -0.2) is 34.5 Å². The predicted octanol–water partition coefficient (Wildman–Crippen LogP) is 3.69. The summed E-state index contributed by atoms with van der Waals surface area (Å²) >= 11 is 0. The molecule has 162 valence electrons. The largest absolute Gasteiger partial charge is 0.492 e. The van der Waals surface area contributed by atoms with Gasteiger partial charge >= 0.3 is 0 Å². The van der Waals surface area contributed by atoms with Gasteiger partial charge < -0.3 is 19.5 Å². The quantitative estimate of drug-likeness (QED) is 0.633. The van der Waals surface area contributed by atoms with Gasteiger partial charge in [0.2, 0.25) is 11.8 Å². The van der Waals surface area contributed by atoms with Gasteiger partial charge in [-0.2, -0.15) is 0 Å². The van der Waals surface area contributed by atoms with Crippen LogP contribution in [0.15, 0.2) is 48.5 Å². The molecule has 1 aromatic heterocycles. The Morgan fingerprint density at radius 2 is 1.94 bits per heavy atom. The molecule has 4 rings (SSSR count). The van der Waals surface area contributed by atoms with E-state index in [2.05, 4.69) is 16.8 Å². The SMILES string of the molecule is CCOc1ccccc1N1CC(C(=O)NC(C)c2nc3ccccc3n2CC)CC1=O. The molecule has 7 heteroatoms. The normalized spacial score (nSPS) is 17.2. The first-order valence-corrected chi connectivity index (χ1v) is 10.8. The maximum atomic E-state index is 13.0. The van der Waals surface area contributed by atoms with Crippen LogP contribution in [0.5, 0.6) is 5.75 Å². The minimum Gasteiger partial charge on any atom is -0.492 e. The van der Waals surface area contributed by atoms with E-state index in [9.17, 15) is 9.59 Å². The molecule has 1 aliphatic rings. The zero-order chi connectivity index (χ0) is 22.0. The van der Waals surface area contributed by atoms with Gasteiger partial charge in [0.1, 0.15) is 11.6 Å². The summed E-state index contributed by atoms with van der Waals surface area (Å²) in [6, 6.07) is 15.1. The highest BCUT2D eigenvalue weighted by molar-refractivity contribution is 6.01. The van der Waals surface area contributed by atoms with E-state index >= 15 is 0 Å². The van der Waals surface area contributed by atoms with Crippen LogP contribution in [0.3, 0.4) is 0 Å². The van der Waals surface area contributed by atoms with E-state index in [1.807, 2.05) is 62.4 Å². The van der Waals surface area contributed by atoms with Crippen molar-refractivity contribution in [3.8, 4) is 5.75 Å². The molecule has 2 unspecified atom stereocenters. The number of ether oxygens (including phenoxy) is 1. The van der Waals surface area contributed by atoms with Gasteiger partial charge in [0.15, 0.2) is 0 Å². The van der Waals surface area contributed by atoms with Crippen molar-refractivity contribution in [2.75, 3.05) is 18.1 Å². The van der Waals surface area contributed by atoms with Crippen LogP contribution in [-0.2, 0) is 16.1 Å². The summed E-state index contributed by atoms with van der Waals surface area (Å²) in [6.07, 6.45) is 0.184. The fourth-order valence-electron chi connectivity index (χ4n) is 4.23. The number of nitrogens with zero attached hydrogens (tertiary/aromatic N) is 3. The molecule has 0 radical (unpaired) electrons. The average molecular weight is 421 g/mol. The van der Waals surface area contributed by atoms with E-state index < -0.39 is 5.92 Å². The zero-order valence-electron chi connectivity index (χ0n) is 18.2. The molecule has 0 aliphatic carbocycles. The van der Waals surface area contributed by atoms with Crippen molar-refractivity contribution >= 4 is 28.5 Å². The molecule has 7 nitrogen and oxygen atoms in total. The molecule has 2 atom stereocenters. The number of hydrogen-bond acceptors (Lipinski definition) is 4. The summed E-state index contributed by atoms with van der Waals surface area (Å²) in [4.78, 5) is 32.1. The molecule has 1 fully saturated rings. The van der Waals surface area contributed by atoms with Gasteiger partial charge in [-0.3, -0.25) is 9.59 Å². The van der Waals surface area contributed by atoms with Crippen molar-refractivity contribution in [1.29, 1.82) is 0 Å². The number of anilines is 1. The van der Waals surface area contributed by atoms with Crippen LogP contribution in [0.2, 0.25) is 0 Å². The highest BCUT2D eigenvalue weighted by Gasteiger charge is 2.37. The van der Waals surface area contributed by atoms with Gasteiger partial charge in [-0.25, -0.2) is 4.98 Å². The smallest absolute Gasteiger partial charge is 0.227 e. The summed E-state index contributed by atoms with van der Waals surface area (Å²) < 4.78 is 7.78. The van der Waals surface area contributed by atoms with Crippen molar-refractivity contribution in [3.63, 3.8) is 0 Å². The number of hydrogen-bond donors (Lipinski definition) is 1. The maximum Gasteiger partial charge on any atom is 0.227 e. The lowest BCUT2D eigenvalue weighted by Crippen LogP contribution is -2.35. The number of aryl methyl sites for hydroxylation is 1. The van der Waals surface area contributed by atoms with Gasteiger partial charge in [-0.15, -0.1) is 0 Å². The third-order valence-corrected chi connectivity index (χ3v) is 5.70. The topological polar surface area (TPSA) is 76.5 Å². The Morgan fingerprint density at radius 3 is 2.71 bits per heavy atom. The molecule has 31 heavy (non-hydrogen) atoms. The molecule has 2 heterocycles. The lowest BCUT2D eigenvalue weighted by Gasteiger charge is -2.21. The molecular formula is C24H28N4O3. The summed E-state index contributed by atoms with van der Waals surface area (Å²) in [7, 11) is 0. The number of para-hydroxylation sites is 4. The number of rotatable bonds is 7. The van der Waals surface area contributed by atoms with E-state index in [4.69, 9.17) is 9.72 Å². The van der Waals surface area contributed by atoms with Gasteiger partial charge in [0, 0.05) is 19.5 Å². The Balaban J connectivity index is 1.49. The maximum absolute atomic E-state index is 13.0. The van der Waals surface area contributed by atoms with Crippen LogP contribution < -0.4 is 15.0 Å². The van der Waals surface area contributed by atoms with Crippen molar-refractivity contribution in [2.45, 2.75) is 39.8 Å². The van der Waals surface area contributed by atoms with Crippen molar-refractivity contribution in [3.05, 3.63) is 54.4 Å². The standard InChI is InChI=1S/C24H28N4O3/c1-4-27-19-11-7-6-10-18(19)26-23(27)16(3)25-24(30)17-14-22(29)28(15-17)20-12-8-9-13-21(20)31-5-2/h6-13,16-17H,4-5,14-15H2,1-3H3,(H,25,30). The number of nitrogens with one attached hydrogen (secondary N) is 1. The van der Waals surface area contributed by atoms with Crippen molar-refractivity contribution < 1.29 is 14.3 Å². The number of benzene rings is 2. The fraction of sp³-hybridized carbons (Fsp3) is 0.375. The van der Waals surface area contributed by atoms with Crippen LogP contribution in [0.1, 0.15) is 39.1 Å². The number of carbonyl (C=O) groups is 2. The molecule has 0 saturated carbocycles. The Bertz CT molecular complexity index is 1110. The van der Waals surface area contributed by atoms with Crippen molar-refractivity contribution in [1.82, 2.24) is 14.9 Å². The van der Waals surface area contributed by atoms with E-state index in [0.29, 0.717) is 24.6 Å². The molecule has 1 saturated heterocycles. The second kappa shape index (κ2) is 8.79. The summed E-state index contributed by atoms with van der Waals surface area (Å²) in [5.74, 6) is 0.862. The Kier molecular flexibility index (Phi) is 5.93. The monoisotopic (exact) mass is 420 g/mol. The van der Waals surface area contributed by atoms with Gasteiger partial charge in [-0.05, 0) is 45.0 Å². The number of aromatic nitrogens is 2. The molecule has 2 amide bonds. The molecule has 0 spiro atoms. The van der Waals surface area contributed by atoms with Gasteiger partial charge in [0.05, 0.1) is 35.3 Å². The Morgan fingerprint density at radius 1 is 1.19 bits per heavy atom. The third kappa shape index (κ3) is 4.00. The number of imidazole rings is 1. The predicted molar refractivity (Wildman–Crippen MR) is 120 cm³/mol. The molecular weight excluding hydrogens is 392 g/mol. The first-order chi connectivity index (χ1) is 15.0. The third-order valence-electron chi connectivity index (χ3n) is 5.70. The number of carbonyl (C=O) groups excluding carboxylic acids is 2. The van der Waals surface area contributed by atoms with Gasteiger partial charge in [-0.1, -0.05) is 24.3 Å². The van der Waals surface area contributed by atoms with Crippen LogP contribution >= 0.6 is 0 Å². The second-order valence-electron chi connectivity index (χ2n) is 7.74. The summed E-state index contributed by atoms with van der Waals surface area (Å²) in [5.41, 5.74) is 2.68. The molecule has 1 N–H and O–H groups in total. The van der Waals surface area contributed by atoms with Crippen LogP contribution in [0, 0.1) is 5.92 Å². The second-order valence-corrected chi connectivity index (χ2v) is 7.74. The molecule has 0 bridgehead atoms. The zero-order valence-corrected chi connectivity index (χ0v) is 18.2. The highest BCUT2D eigenvalue weighted by atomic mass is 16.5. The molecule has 2 aromatic carbocycles. The minimum atomic E-state index is -0.413. The van der Waals surface area contributed by atoms with E-state index in [1.54, 1.807) is 4.90 Å². The first kappa shape index (κ1) is 20.9. The Labute approximate surface area is 182 Å². The first-order valence-electron chi connectivity index (χ1n) is 10.8. The van der Waals surface area contributed by atoms with Crippen LogP contribution in [0.4, 0.5) is 5.69 Å². The van der Waals surface area contributed by atoms with Crippen LogP contribution in [0.25, 0.3) is 11.0 Å². The van der Waals surface area contributed by atoms with E-state index in [1.165, 1.54) is 0 Å². The van der Waals surface area contributed by atoms with Crippen molar-refractivity contribution in [2.24, 2.45) is 5.92 Å². The highest BCUT2D eigenvalue weighted by Crippen LogP contribution is 2.33. The fourth-order valence-corrected chi connectivity index (χ4v) is 4.23. The summed E-state index contributed by atoms with van der Waals surface area (Å²) in [6.45, 7) is 7.52. The lowest BCUT2D eigenvalue weighted by atomic mass is 10.1. The average Bonchev–Trinajstić information content (AvgIpc) is 3.35. The van der Waals surface area contributed by atoms with E-state index in [0.717, 1.165) is 23.4 Å². The van der Waals surface area contributed by atoms with E-state index in [-0.39, 0.29) is 24.3 Å². The molecule has 1 aliphatic heterocycles. The lowest BCUT2D eigenvalue weighted by molar-refractivity contribution is -0.126. The molecule has 3 aromatic rings.